The Labute approximate surface area is 320 Å². The van der Waals surface area contributed by atoms with Crippen LogP contribution in [0.3, 0.4) is 0 Å². The molecule has 0 heterocycles. The van der Waals surface area contributed by atoms with Gasteiger partial charge in [-0.15, -0.1) is 0 Å². The monoisotopic (exact) mass is 750 g/mol. The molecule has 0 radical (unpaired) electrons. The van der Waals surface area contributed by atoms with E-state index in [0.29, 0.717) is 47.9 Å². The Morgan fingerprint density at radius 3 is 1.38 bits per heavy atom. The average Bonchev–Trinajstić information content (AvgIpc) is 3.20. The molecule has 0 bridgehead atoms. The highest BCUT2D eigenvalue weighted by molar-refractivity contribution is 6.04. The quantitative estimate of drug-likeness (QED) is 0.0433. The van der Waals surface area contributed by atoms with Gasteiger partial charge in [-0.2, -0.15) is 0 Å². The van der Waals surface area contributed by atoms with Crippen molar-refractivity contribution >= 4 is 36.0 Å². The normalized spacial score (nSPS) is 12.2. The smallest absolute Gasteiger partial charge is 0.346 e. The fourth-order valence-corrected chi connectivity index (χ4v) is 5.74. The fraction of sp³-hybridized carbons (Fsp3) is 0.273. The van der Waals surface area contributed by atoms with Gasteiger partial charge >= 0.3 is 23.9 Å². The minimum atomic E-state index is -0.936. The van der Waals surface area contributed by atoms with E-state index in [0.717, 1.165) is 12.8 Å². The molecule has 4 rings (SSSR count). The third-order valence-corrected chi connectivity index (χ3v) is 8.63. The number of methoxy groups -OCH3 is 2. The van der Waals surface area contributed by atoms with Crippen LogP contribution in [0.2, 0.25) is 0 Å². The van der Waals surface area contributed by atoms with E-state index in [4.69, 9.17) is 23.7 Å². The van der Waals surface area contributed by atoms with Gasteiger partial charge in [-0.25, -0.2) is 19.2 Å². The topological polar surface area (TPSA) is 155 Å². The Morgan fingerprint density at radius 1 is 0.600 bits per heavy atom. The van der Waals surface area contributed by atoms with E-state index < -0.39 is 36.1 Å². The van der Waals surface area contributed by atoms with Gasteiger partial charge in [0.25, 0.3) is 0 Å². The lowest BCUT2D eigenvalue weighted by Gasteiger charge is -2.21. The first kappa shape index (κ1) is 41.4. The van der Waals surface area contributed by atoms with Gasteiger partial charge in [-0.3, -0.25) is 0 Å². The van der Waals surface area contributed by atoms with Gasteiger partial charge in [-0.05, 0) is 85.4 Å². The molecular weight excluding hydrogens is 704 g/mol. The van der Waals surface area contributed by atoms with E-state index in [9.17, 15) is 29.4 Å². The highest BCUT2D eigenvalue weighted by atomic mass is 16.6. The summed E-state index contributed by atoms with van der Waals surface area (Å²) in [5.74, 6) is -2.77. The number of aromatic hydroxyl groups is 2. The molecule has 0 fully saturated rings. The summed E-state index contributed by atoms with van der Waals surface area (Å²) in [6.45, 7) is 3.98. The van der Waals surface area contributed by atoms with E-state index in [2.05, 4.69) is 0 Å². The minimum Gasteiger partial charge on any atom is -0.504 e. The first-order valence-corrected chi connectivity index (χ1v) is 18.0. The molecule has 55 heavy (non-hydrogen) atoms. The molecule has 11 nitrogen and oxygen atoms in total. The number of phenols is 2. The molecule has 0 aromatic heterocycles. The van der Waals surface area contributed by atoms with Crippen LogP contribution in [0.1, 0.15) is 108 Å². The van der Waals surface area contributed by atoms with E-state index >= 15 is 0 Å². The second-order valence-electron chi connectivity index (χ2n) is 12.5. The maximum absolute atomic E-state index is 13.7. The molecule has 0 saturated heterocycles. The van der Waals surface area contributed by atoms with Gasteiger partial charge < -0.3 is 33.9 Å². The lowest BCUT2D eigenvalue weighted by atomic mass is 9.97. The molecule has 0 spiro atoms. The zero-order chi connectivity index (χ0) is 39.7. The number of carbonyl (C=O) groups excluding carboxylic acids is 4. The number of hydrogen-bond donors (Lipinski definition) is 2. The number of phenolic OH excluding ortho intramolecular Hbond substituents is 2. The maximum atomic E-state index is 13.7. The number of rotatable bonds is 18. The van der Waals surface area contributed by atoms with Crippen molar-refractivity contribution in [3.05, 3.63) is 130 Å². The second-order valence-corrected chi connectivity index (χ2v) is 12.5. The third-order valence-electron chi connectivity index (χ3n) is 8.63. The van der Waals surface area contributed by atoms with E-state index in [-0.39, 0.29) is 34.1 Å². The van der Waals surface area contributed by atoms with Crippen molar-refractivity contribution in [2.24, 2.45) is 0 Å². The summed E-state index contributed by atoms with van der Waals surface area (Å²) in [4.78, 5) is 53.4. The number of ether oxygens (including phenoxy) is 5. The fourth-order valence-electron chi connectivity index (χ4n) is 5.74. The van der Waals surface area contributed by atoms with Crippen LogP contribution in [0.25, 0.3) is 12.2 Å². The standard InChI is InChI=1S/C44H46O11/c1-5-7-17-37(53-41(47)25-21-29-19-23-35(45)39(27-29)51-3)31-13-9-11-15-33(31)43(49)55-44(50)34-16-12-10-14-32(34)38(18-8-6-2)54-42(48)26-22-30-20-24-36(46)40(28-30)52-4/h9-16,19-28,37-38,45-46H,5-8,17-18H2,1-4H3/b25-21+,26-22+. The van der Waals surface area contributed by atoms with Crippen molar-refractivity contribution in [1.29, 1.82) is 0 Å². The predicted octanol–water partition coefficient (Wildman–Crippen LogP) is 9.09. The molecule has 0 aliphatic heterocycles. The molecule has 288 valence electrons. The summed E-state index contributed by atoms with van der Waals surface area (Å²) in [5, 5.41) is 19.7. The van der Waals surface area contributed by atoms with Crippen LogP contribution in [0.5, 0.6) is 23.0 Å². The van der Waals surface area contributed by atoms with Gasteiger partial charge in [0.1, 0.15) is 12.2 Å². The summed E-state index contributed by atoms with van der Waals surface area (Å²) in [5.41, 5.74) is 2.06. The van der Waals surface area contributed by atoms with Crippen LogP contribution in [0, 0.1) is 0 Å². The highest BCUT2D eigenvalue weighted by Gasteiger charge is 2.27. The van der Waals surface area contributed by atoms with Crippen LogP contribution in [-0.2, 0) is 23.8 Å². The average molecular weight is 751 g/mol. The van der Waals surface area contributed by atoms with Gasteiger partial charge in [0, 0.05) is 23.3 Å². The Morgan fingerprint density at radius 2 is 1.00 bits per heavy atom. The lowest BCUT2D eigenvalue weighted by Crippen LogP contribution is -2.20. The summed E-state index contributed by atoms with van der Waals surface area (Å²) < 4.78 is 27.4. The molecular formula is C44H46O11. The van der Waals surface area contributed by atoms with Crippen LogP contribution >= 0.6 is 0 Å². The summed E-state index contributed by atoms with van der Waals surface area (Å²) in [6.07, 6.45) is 7.64. The number of hydrogen-bond acceptors (Lipinski definition) is 11. The first-order chi connectivity index (χ1) is 26.6. The van der Waals surface area contributed by atoms with Crippen LogP contribution in [0.4, 0.5) is 0 Å². The molecule has 0 aliphatic rings. The number of unbranched alkanes of at least 4 members (excludes halogenated alkanes) is 2. The molecule has 2 N–H and O–H groups in total. The summed E-state index contributed by atoms with van der Waals surface area (Å²) >= 11 is 0. The Balaban J connectivity index is 1.53. The highest BCUT2D eigenvalue weighted by Crippen LogP contribution is 2.32. The molecule has 0 saturated carbocycles. The summed E-state index contributed by atoms with van der Waals surface area (Å²) in [7, 11) is 2.84. The molecule has 4 aromatic carbocycles. The Kier molecular flexibility index (Phi) is 15.6. The van der Waals surface area contributed by atoms with Crippen molar-refractivity contribution in [2.75, 3.05) is 14.2 Å². The largest absolute Gasteiger partial charge is 0.504 e. The van der Waals surface area contributed by atoms with Crippen molar-refractivity contribution in [3.8, 4) is 23.0 Å². The van der Waals surface area contributed by atoms with Crippen molar-refractivity contribution < 1.29 is 53.1 Å². The molecule has 2 unspecified atom stereocenters. The van der Waals surface area contributed by atoms with Gasteiger partial charge in [0.2, 0.25) is 0 Å². The number of carbonyl (C=O) groups is 4. The van der Waals surface area contributed by atoms with E-state index in [1.165, 1.54) is 62.8 Å². The maximum Gasteiger partial charge on any atom is 0.346 e. The van der Waals surface area contributed by atoms with Gasteiger partial charge in [0.05, 0.1) is 25.3 Å². The zero-order valence-electron chi connectivity index (χ0n) is 31.4. The minimum absolute atomic E-state index is 0.0374. The molecule has 11 heteroatoms. The second kappa shape index (κ2) is 20.8. The van der Waals surface area contributed by atoms with Gasteiger partial charge in [-0.1, -0.05) is 75.2 Å². The number of esters is 4. The number of benzene rings is 4. The van der Waals surface area contributed by atoms with E-state index in [1.807, 2.05) is 13.8 Å². The first-order valence-electron chi connectivity index (χ1n) is 18.0. The summed E-state index contributed by atoms with van der Waals surface area (Å²) in [6, 6.07) is 22.2. The van der Waals surface area contributed by atoms with Gasteiger partial charge in [0.15, 0.2) is 23.0 Å². The molecule has 0 aliphatic carbocycles. The third kappa shape index (κ3) is 11.8. The van der Waals surface area contributed by atoms with Crippen molar-refractivity contribution in [2.45, 2.75) is 64.6 Å². The van der Waals surface area contributed by atoms with E-state index in [1.54, 1.807) is 60.7 Å². The van der Waals surface area contributed by atoms with Crippen LogP contribution < -0.4 is 9.47 Å². The Hall–Kier alpha value is -6.36. The lowest BCUT2D eigenvalue weighted by molar-refractivity contribution is -0.144. The molecule has 0 amide bonds. The zero-order valence-corrected chi connectivity index (χ0v) is 31.4. The van der Waals surface area contributed by atoms with Crippen LogP contribution in [0.15, 0.2) is 97.1 Å². The molecule has 4 aromatic rings. The predicted molar refractivity (Wildman–Crippen MR) is 207 cm³/mol. The van der Waals surface area contributed by atoms with Crippen LogP contribution in [-0.4, -0.2) is 48.3 Å². The Bertz CT molecular complexity index is 1870. The molecule has 2 atom stereocenters. The van der Waals surface area contributed by atoms with Crippen molar-refractivity contribution in [3.63, 3.8) is 0 Å². The SMILES string of the molecule is CCCCC(OC(=O)/C=C/c1ccc(O)c(OC)c1)c1ccccc1C(=O)OC(=O)c1ccccc1C(CCCC)OC(=O)/C=C/c1ccc(O)c(OC)c1. The van der Waals surface area contributed by atoms with Crippen molar-refractivity contribution in [1.82, 2.24) is 0 Å².